The van der Waals surface area contributed by atoms with Crippen LogP contribution < -0.4 is 14.8 Å². The highest BCUT2D eigenvalue weighted by Crippen LogP contribution is 2.41. The molecule has 3 atom stereocenters. The molecule has 2 aliphatic rings. The third kappa shape index (κ3) is 6.70. The number of hydrogen-bond donors (Lipinski definition) is 2. The molecule has 0 saturated carbocycles. The fourth-order valence-electron chi connectivity index (χ4n) is 4.89. The van der Waals surface area contributed by atoms with Gasteiger partial charge in [0.15, 0.2) is 0 Å². The number of sulfonamides is 1. The van der Waals surface area contributed by atoms with Crippen LogP contribution in [0.15, 0.2) is 42.5 Å². The first-order chi connectivity index (χ1) is 17.6. The Morgan fingerprint density at radius 2 is 1.58 bits per heavy atom. The summed E-state index contributed by atoms with van der Waals surface area (Å²) in [7, 11) is -3.59. The molecular formula is C24H25F6N3O4S. The van der Waals surface area contributed by atoms with Crippen LogP contribution in [0.2, 0.25) is 0 Å². The Morgan fingerprint density at radius 1 is 0.974 bits per heavy atom. The van der Waals surface area contributed by atoms with Crippen LogP contribution in [0.5, 0.6) is 5.75 Å². The molecule has 2 fully saturated rings. The molecule has 14 heteroatoms. The van der Waals surface area contributed by atoms with Gasteiger partial charge in [0.25, 0.3) is 0 Å². The van der Waals surface area contributed by atoms with Gasteiger partial charge in [-0.05, 0) is 54.8 Å². The second kappa shape index (κ2) is 10.3. The first kappa shape index (κ1) is 28.0. The number of piperidine rings is 1. The van der Waals surface area contributed by atoms with E-state index in [2.05, 4.69) is 10.0 Å². The largest absolute Gasteiger partial charge is 0.490 e. The molecule has 2 bridgehead atoms. The van der Waals surface area contributed by atoms with Gasteiger partial charge in [0.2, 0.25) is 10.0 Å². The summed E-state index contributed by atoms with van der Waals surface area (Å²) in [4.78, 5) is 14.5. The highest BCUT2D eigenvalue weighted by molar-refractivity contribution is 7.88. The van der Waals surface area contributed by atoms with Crippen LogP contribution in [0.4, 0.5) is 36.8 Å². The van der Waals surface area contributed by atoms with E-state index in [1.54, 1.807) is 4.90 Å². The Labute approximate surface area is 215 Å². The lowest BCUT2D eigenvalue weighted by atomic mass is 9.99. The second-order valence-corrected chi connectivity index (χ2v) is 11.3. The second-order valence-electron chi connectivity index (χ2n) is 9.43. The summed E-state index contributed by atoms with van der Waals surface area (Å²) in [6, 6.07) is 6.30. The summed E-state index contributed by atoms with van der Waals surface area (Å²) in [6.07, 6.45) is -7.12. The summed E-state index contributed by atoms with van der Waals surface area (Å²) in [5.41, 5.74) is -1.56. The lowest BCUT2D eigenvalue weighted by Gasteiger charge is -2.39. The van der Waals surface area contributed by atoms with E-state index in [0.29, 0.717) is 12.8 Å². The van der Waals surface area contributed by atoms with Crippen LogP contribution in [0.25, 0.3) is 0 Å². The molecule has 2 amide bonds. The number of nitrogens with one attached hydrogen (secondary N) is 2. The zero-order chi connectivity index (χ0) is 27.9. The third-order valence-electron chi connectivity index (χ3n) is 6.57. The fraction of sp³-hybridized carbons (Fsp3) is 0.458. The number of halogens is 6. The van der Waals surface area contributed by atoms with Crippen LogP contribution in [0.1, 0.15) is 42.4 Å². The van der Waals surface area contributed by atoms with Crippen LogP contribution in [-0.2, 0) is 28.9 Å². The highest BCUT2D eigenvalue weighted by atomic mass is 32.2. The number of benzene rings is 2. The molecule has 2 saturated heterocycles. The van der Waals surface area contributed by atoms with E-state index in [1.165, 1.54) is 6.07 Å². The van der Waals surface area contributed by atoms with Crippen molar-refractivity contribution in [1.82, 2.24) is 9.62 Å². The monoisotopic (exact) mass is 565 g/mol. The van der Waals surface area contributed by atoms with Crippen LogP contribution >= 0.6 is 0 Å². The normalized spacial score (nSPS) is 21.9. The van der Waals surface area contributed by atoms with Gasteiger partial charge in [0, 0.05) is 37.2 Å². The quantitative estimate of drug-likeness (QED) is 0.461. The van der Waals surface area contributed by atoms with Crippen molar-refractivity contribution >= 4 is 21.7 Å². The van der Waals surface area contributed by atoms with Gasteiger partial charge in [-0.2, -0.15) is 26.3 Å². The molecule has 2 N–H and O–H groups in total. The molecule has 0 spiro atoms. The van der Waals surface area contributed by atoms with Gasteiger partial charge in [-0.3, -0.25) is 0 Å². The number of amides is 2. The fourth-order valence-corrected chi connectivity index (χ4v) is 5.32. The molecule has 0 aliphatic carbocycles. The standard InChI is InChI=1S/C24H25F6N3O4S/c1-38(35,36)31-13-14-2-9-21(20(10-14)24(28,29)30)37-19-11-17-7-8-18(12-19)33(17)22(34)32-16-5-3-15(4-6-16)23(25,26)27/h2-6,9-10,17-19,31H,7-8,11-13H2,1H3,(H,32,34)/t17-,18+,19+. The number of ether oxygens (including phenoxy) is 1. The van der Waals surface area contributed by atoms with Crippen molar-refractivity contribution in [2.24, 2.45) is 0 Å². The predicted octanol–water partition coefficient (Wildman–Crippen LogP) is 5.38. The zero-order valence-electron chi connectivity index (χ0n) is 20.1. The van der Waals surface area contributed by atoms with E-state index in [9.17, 15) is 39.6 Å². The number of fused-ring (bicyclic) bond motifs is 2. The number of nitrogens with zero attached hydrogens (tertiary/aromatic N) is 1. The van der Waals surface area contributed by atoms with Gasteiger partial charge in [-0.1, -0.05) is 6.07 Å². The number of carbonyl (C=O) groups is 1. The summed E-state index contributed by atoms with van der Waals surface area (Å²) < 4.78 is 110. The Morgan fingerprint density at radius 3 is 2.11 bits per heavy atom. The first-order valence-electron chi connectivity index (χ1n) is 11.7. The van der Waals surface area contributed by atoms with Crippen molar-refractivity contribution < 1.29 is 44.3 Å². The van der Waals surface area contributed by atoms with Gasteiger partial charge in [0.05, 0.1) is 17.4 Å². The molecule has 2 aliphatic heterocycles. The Kier molecular flexibility index (Phi) is 7.58. The molecule has 0 unspecified atom stereocenters. The minimum atomic E-state index is -4.74. The summed E-state index contributed by atoms with van der Waals surface area (Å²) in [5.74, 6) is -0.382. The van der Waals surface area contributed by atoms with E-state index in [1.807, 2.05) is 0 Å². The average molecular weight is 566 g/mol. The molecule has 7 nitrogen and oxygen atoms in total. The number of urea groups is 1. The smallest absolute Gasteiger partial charge is 0.419 e. The van der Waals surface area contributed by atoms with Crippen molar-refractivity contribution in [2.75, 3.05) is 11.6 Å². The summed E-state index contributed by atoms with van der Waals surface area (Å²) in [6.45, 7) is -0.307. The Bertz CT molecular complexity index is 1270. The maximum Gasteiger partial charge on any atom is 0.419 e. The zero-order valence-corrected chi connectivity index (χ0v) is 20.9. The van der Waals surface area contributed by atoms with Crippen molar-refractivity contribution in [2.45, 2.75) is 62.8 Å². The average Bonchev–Trinajstić information content (AvgIpc) is 3.07. The van der Waals surface area contributed by atoms with Gasteiger partial charge >= 0.3 is 18.4 Å². The molecule has 0 radical (unpaired) electrons. The minimum Gasteiger partial charge on any atom is -0.490 e. The van der Waals surface area contributed by atoms with E-state index in [4.69, 9.17) is 4.74 Å². The Hall–Kier alpha value is -3.00. The predicted molar refractivity (Wildman–Crippen MR) is 126 cm³/mol. The summed E-state index contributed by atoms with van der Waals surface area (Å²) in [5, 5.41) is 2.59. The van der Waals surface area contributed by atoms with Crippen LogP contribution in [-0.4, -0.2) is 43.8 Å². The van der Waals surface area contributed by atoms with Gasteiger partial charge < -0.3 is 15.0 Å². The third-order valence-corrected chi connectivity index (χ3v) is 7.24. The van der Waals surface area contributed by atoms with E-state index < -0.39 is 45.6 Å². The van der Waals surface area contributed by atoms with E-state index in [-0.39, 0.29) is 48.5 Å². The number of anilines is 1. The molecule has 0 aromatic heterocycles. The molecule has 2 aromatic carbocycles. The molecule has 2 heterocycles. The van der Waals surface area contributed by atoms with Crippen LogP contribution in [0, 0.1) is 0 Å². The van der Waals surface area contributed by atoms with Gasteiger partial charge in [-0.25, -0.2) is 17.9 Å². The summed E-state index contributed by atoms with van der Waals surface area (Å²) >= 11 is 0. The lowest BCUT2D eigenvalue weighted by molar-refractivity contribution is -0.139. The van der Waals surface area contributed by atoms with Gasteiger partial charge in [-0.15, -0.1) is 0 Å². The van der Waals surface area contributed by atoms with Crippen LogP contribution in [0.3, 0.4) is 0 Å². The van der Waals surface area contributed by atoms with Crippen molar-refractivity contribution in [3.8, 4) is 5.75 Å². The first-order valence-corrected chi connectivity index (χ1v) is 13.6. The SMILES string of the molecule is CS(=O)(=O)NCc1ccc(O[C@H]2C[C@H]3CC[C@@H](C2)N3C(=O)Nc2ccc(C(F)(F)F)cc2)c(C(F)(F)F)c1. The molecule has 208 valence electrons. The lowest BCUT2D eigenvalue weighted by Crippen LogP contribution is -2.50. The number of carbonyl (C=O) groups excluding carboxylic acids is 1. The van der Waals surface area contributed by atoms with E-state index >= 15 is 0 Å². The Balaban J connectivity index is 1.42. The molecule has 38 heavy (non-hydrogen) atoms. The highest BCUT2D eigenvalue weighted by Gasteiger charge is 2.45. The van der Waals surface area contributed by atoms with Crippen molar-refractivity contribution in [1.29, 1.82) is 0 Å². The van der Waals surface area contributed by atoms with Gasteiger partial charge in [0.1, 0.15) is 11.9 Å². The van der Waals surface area contributed by atoms with Crippen molar-refractivity contribution in [3.63, 3.8) is 0 Å². The number of rotatable bonds is 6. The number of hydrogen-bond acceptors (Lipinski definition) is 4. The molecule has 2 aromatic rings. The molecular weight excluding hydrogens is 540 g/mol. The topological polar surface area (TPSA) is 87.7 Å². The van der Waals surface area contributed by atoms with Crippen molar-refractivity contribution in [3.05, 3.63) is 59.2 Å². The molecule has 4 rings (SSSR count). The van der Waals surface area contributed by atoms with E-state index in [0.717, 1.165) is 42.7 Å². The minimum absolute atomic E-state index is 0.116. The maximum absolute atomic E-state index is 13.7. The number of alkyl halides is 6. The maximum atomic E-state index is 13.7.